The second-order valence-corrected chi connectivity index (χ2v) is 5.26. The molecule has 1 aromatic rings. The molecule has 0 bridgehead atoms. The number of aromatic hydroxyl groups is 1. The summed E-state index contributed by atoms with van der Waals surface area (Å²) < 4.78 is 10.9. The molecule has 0 aliphatic carbocycles. The fraction of sp³-hybridized carbons (Fsp3) is 0.529. The van der Waals surface area contributed by atoms with Crippen molar-refractivity contribution in [3.63, 3.8) is 0 Å². The third-order valence-corrected chi connectivity index (χ3v) is 3.64. The molecule has 1 heterocycles. The van der Waals surface area contributed by atoms with Crippen molar-refractivity contribution in [1.82, 2.24) is 0 Å². The summed E-state index contributed by atoms with van der Waals surface area (Å²) >= 11 is 0. The lowest BCUT2D eigenvalue weighted by Gasteiger charge is -2.16. The first kappa shape index (κ1) is 15.7. The maximum Gasteiger partial charge on any atom is 0.126 e. The van der Waals surface area contributed by atoms with Gasteiger partial charge in [0.05, 0.1) is 20.3 Å². The average Bonchev–Trinajstić information content (AvgIpc) is 2.49. The van der Waals surface area contributed by atoms with Gasteiger partial charge in [-0.15, -0.1) is 0 Å². The summed E-state index contributed by atoms with van der Waals surface area (Å²) in [6.45, 7) is 1.97. The summed E-state index contributed by atoms with van der Waals surface area (Å²) in [6.07, 6.45) is 10.0. The molecule has 0 amide bonds. The molecule has 0 saturated carbocycles. The van der Waals surface area contributed by atoms with Crippen molar-refractivity contribution < 1.29 is 14.6 Å². The van der Waals surface area contributed by atoms with E-state index in [1.807, 2.05) is 6.07 Å². The van der Waals surface area contributed by atoms with Crippen LogP contribution in [-0.2, 0) is 11.3 Å². The molecule has 0 atom stereocenters. The van der Waals surface area contributed by atoms with E-state index < -0.39 is 0 Å². The zero-order chi connectivity index (χ0) is 14.9. The van der Waals surface area contributed by atoms with Crippen LogP contribution in [0.3, 0.4) is 0 Å². The summed E-state index contributed by atoms with van der Waals surface area (Å²) in [4.78, 5) is 0. The number of anilines is 1. The summed E-state index contributed by atoms with van der Waals surface area (Å²) in [5.41, 5.74) is 1.70. The Balaban J connectivity index is 2.12. The highest BCUT2D eigenvalue weighted by Crippen LogP contribution is 2.32. The number of phenolic OH excluding ortho intramolecular Hbond substituents is 1. The zero-order valence-electron chi connectivity index (χ0n) is 12.7. The molecule has 0 unspecified atom stereocenters. The number of allylic oxidation sites excluding steroid dienone is 1. The second kappa shape index (κ2) is 8.57. The minimum Gasteiger partial charge on any atom is -0.507 e. The van der Waals surface area contributed by atoms with E-state index in [1.165, 1.54) is 12.8 Å². The Morgan fingerprint density at radius 3 is 2.86 bits per heavy atom. The molecule has 4 nitrogen and oxygen atoms in total. The van der Waals surface area contributed by atoms with Gasteiger partial charge in [-0.1, -0.05) is 18.6 Å². The molecule has 21 heavy (non-hydrogen) atoms. The van der Waals surface area contributed by atoms with Crippen LogP contribution in [0.5, 0.6) is 11.5 Å². The Bertz CT molecular complexity index is 471. The maximum absolute atomic E-state index is 10.2. The van der Waals surface area contributed by atoms with Crippen LogP contribution >= 0.6 is 0 Å². The Labute approximate surface area is 126 Å². The number of methoxy groups -OCH3 is 1. The van der Waals surface area contributed by atoms with Crippen LogP contribution in [0.2, 0.25) is 0 Å². The third kappa shape index (κ3) is 4.97. The summed E-state index contributed by atoms with van der Waals surface area (Å²) in [7, 11) is 1.60. The van der Waals surface area contributed by atoms with Crippen LogP contribution in [0, 0.1) is 0 Å². The molecule has 0 radical (unpaired) electrons. The second-order valence-electron chi connectivity index (χ2n) is 5.26. The molecule has 1 aliphatic rings. The van der Waals surface area contributed by atoms with Gasteiger partial charge in [-0.2, -0.15) is 0 Å². The standard InChI is InChI=1S/C17H25NO3/c1-20-14-11-16-15(17(19)12-14)13-21-10-8-6-4-2-3-5-7-9-18-16/h4,6,11-12,18-19H,2-3,5,7-10,13H2,1H3/b6-4+. The van der Waals surface area contributed by atoms with Gasteiger partial charge >= 0.3 is 0 Å². The fourth-order valence-electron chi connectivity index (χ4n) is 2.41. The number of nitrogens with one attached hydrogen (secondary N) is 1. The number of phenols is 1. The van der Waals surface area contributed by atoms with Gasteiger partial charge in [0.1, 0.15) is 11.5 Å². The van der Waals surface area contributed by atoms with E-state index >= 15 is 0 Å². The van der Waals surface area contributed by atoms with Gasteiger partial charge in [0.25, 0.3) is 0 Å². The molecule has 4 heteroatoms. The minimum atomic E-state index is 0.222. The van der Waals surface area contributed by atoms with Gasteiger partial charge in [0, 0.05) is 29.9 Å². The molecule has 0 fully saturated rings. The Morgan fingerprint density at radius 2 is 2.00 bits per heavy atom. The van der Waals surface area contributed by atoms with E-state index in [9.17, 15) is 5.11 Å². The molecule has 0 spiro atoms. The summed E-state index contributed by atoms with van der Waals surface area (Å²) in [5, 5.41) is 13.6. The SMILES string of the molecule is COc1cc(O)c2c(c1)NCCCCC/C=C/CCOC2. The van der Waals surface area contributed by atoms with Gasteiger partial charge < -0.3 is 19.9 Å². The van der Waals surface area contributed by atoms with Gasteiger partial charge in [0.15, 0.2) is 0 Å². The lowest BCUT2D eigenvalue weighted by atomic mass is 10.1. The van der Waals surface area contributed by atoms with Crippen LogP contribution < -0.4 is 10.1 Å². The normalized spacial score (nSPS) is 18.9. The van der Waals surface area contributed by atoms with Crippen molar-refractivity contribution in [2.24, 2.45) is 0 Å². The summed E-state index contributed by atoms with van der Waals surface area (Å²) in [6, 6.07) is 3.55. The van der Waals surface area contributed by atoms with E-state index in [0.29, 0.717) is 19.0 Å². The first-order chi connectivity index (χ1) is 10.3. The summed E-state index contributed by atoms with van der Waals surface area (Å²) in [5.74, 6) is 0.877. The van der Waals surface area contributed by atoms with Crippen molar-refractivity contribution >= 4 is 5.69 Å². The number of hydrogen-bond donors (Lipinski definition) is 2. The van der Waals surface area contributed by atoms with Gasteiger partial charge in [0.2, 0.25) is 0 Å². The monoisotopic (exact) mass is 291 g/mol. The maximum atomic E-state index is 10.2. The third-order valence-electron chi connectivity index (χ3n) is 3.64. The lowest BCUT2D eigenvalue weighted by molar-refractivity contribution is 0.124. The van der Waals surface area contributed by atoms with Crippen molar-refractivity contribution in [3.8, 4) is 11.5 Å². The lowest BCUT2D eigenvalue weighted by Crippen LogP contribution is -2.06. The van der Waals surface area contributed by atoms with Crippen molar-refractivity contribution in [3.05, 3.63) is 29.8 Å². The Morgan fingerprint density at radius 1 is 1.14 bits per heavy atom. The topological polar surface area (TPSA) is 50.7 Å². The molecule has 0 aromatic heterocycles. The first-order valence-electron chi connectivity index (χ1n) is 7.67. The molecule has 1 aliphatic heterocycles. The Kier molecular flexibility index (Phi) is 6.41. The van der Waals surface area contributed by atoms with Crippen molar-refractivity contribution in [1.29, 1.82) is 0 Å². The molecule has 2 rings (SSSR count). The van der Waals surface area contributed by atoms with E-state index in [-0.39, 0.29) is 5.75 Å². The predicted octanol–water partition coefficient (Wildman–Crippen LogP) is 3.85. The highest BCUT2D eigenvalue weighted by atomic mass is 16.5. The molecular weight excluding hydrogens is 266 g/mol. The van der Waals surface area contributed by atoms with Crippen molar-refractivity contribution in [2.45, 2.75) is 38.7 Å². The number of ether oxygens (including phenoxy) is 2. The minimum absolute atomic E-state index is 0.222. The van der Waals surface area contributed by atoms with Gasteiger partial charge in [-0.3, -0.25) is 0 Å². The average molecular weight is 291 g/mol. The molecule has 2 N–H and O–H groups in total. The largest absolute Gasteiger partial charge is 0.507 e. The van der Waals surface area contributed by atoms with Crippen LogP contribution in [0.4, 0.5) is 5.69 Å². The molecule has 116 valence electrons. The fourth-order valence-corrected chi connectivity index (χ4v) is 2.41. The smallest absolute Gasteiger partial charge is 0.126 e. The predicted molar refractivity (Wildman–Crippen MR) is 85.0 cm³/mol. The highest BCUT2D eigenvalue weighted by Gasteiger charge is 2.11. The van der Waals surface area contributed by atoms with E-state index in [2.05, 4.69) is 17.5 Å². The van der Waals surface area contributed by atoms with Gasteiger partial charge in [-0.25, -0.2) is 0 Å². The van der Waals surface area contributed by atoms with Crippen LogP contribution in [0.15, 0.2) is 24.3 Å². The quantitative estimate of drug-likeness (QED) is 0.772. The Hall–Kier alpha value is -1.68. The molecule has 0 saturated heterocycles. The number of hydrogen-bond acceptors (Lipinski definition) is 4. The molecule has 1 aromatic carbocycles. The van der Waals surface area contributed by atoms with E-state index in [0.717, 1.165) is 37.1 Å². The van der Waals surface area contributed by atoms with Crippen molar-refractivity contribution in [2.75, 3.05) is 25.6 Å². The van der Waals surface area contributed by atoms with Crippen LogP contribution in [0.1, 0.15) is 37.7 Å². The number of benzene rings is 1. The van der Waals surface area contributed by atoms with Crippen LogP contribution in [-0.4, -0.2) is 25.4 Å². The highest BCUT2D eigenvalue weighted by molar-refractivity contribution is 5.61. The number of fused-ring (bicyclic) bond motifs is 1. The molecular formula is C17H25NO3. The number of rotatable bonds is 1. The van der Waals surface area contributed by atoms with Crippen LogP contribution in [0.25, 0.3) is 0 Å². The van der Waals surface area contributed by atoms with E-state index in [1.54, 1.807) is 13.2 Å². The van der Waals surface area contributed by atoms with E-state index in [4.69, 9.17) is 9.47 Å². The first-order valence-corrected chi connectivity index (χ1v) is 7.67. The van der Waals surface area contributed by atoms with Gasteiger partial charge in [-0.05, 0) is 25.7 Å². The zero-order valence-corrected chi connectivity index (χ0v) is 12.7.